The second-order valence-corrected chi connectivity index (χ2v) is 9.51. The molecule has 0 unspecified atom stereocenters. The van der Waals surface area contributed by atoms with E-state index >= 15 is 0 Å². The van der Waals surface area contributed by atoms with E-state index in [-0.39, 0.29) is 0 Å². The van der Waals surface area contributed by atoms with Crippen molar-refractivity contribution in [2.75, 3.05) is 18.0 Å². The fourth-order valence-corrected chi connectivity index (χ4v) is 4.60. The number of azo groups is 2. The number of thiophene rings is 1. The summed E-state index contributed by atoms with van der Waals surface area (Å²) < 4.78 is 5.42. The standard InChI is InChI=1S/C28H25N5O2S/c1-20-4-6-21(7-5-20)28(34)35-25-14-12-24(13-15-25)30-29-22-8-10-23(11-9-22)31-32-26-16-17-27(36-26)33-18-2-3-19-33/h4-17H,2-3,18-19H2,1H3. The van der Waals surface area contributed by atoms with Crippen LogP contribution in [0.4, 0.5) is 27.1 Å². The lowest BCUT2D eigenvalue weighted by Crippen LogP contribution is -2.15. The van der Waals surface area contributed by atoms with E-state index in [1.165, 1.54) is 17.8 Å². The number of esters is 1. The first-order valence-electron chi connectivity index (χ1n) is 11.8. The minimum atomic E-state index is -0.396. The Bertz CT molecular complexity index is 1370. The van der Waals surface area contributed by atoms with E-state index in [0.717, 1.165) is 29.3 Å². The monoisotopic (exact) mass is 495 g/mol. The maximum Gasteiger partial charge on any atom is 0.343 e. The van der Waals surface area contributed by atoms with Crippen molar-refractivity contribution in [2.24, 2.45) is 20.5 Å². The van der Waals surface area contributed by atoms with Gasteiger partial charge in [-0.2, -0.15) is 10.2 Å². The Kier molecular flexibility index (Phi) is 7.23. The number of carbonyl (C=O) groups excluding carboxylic acids is 1. The third-order valence-corrected chi connectivity index (χ3v) is 6.75. The number of rotatable bonds is 7. The maximum absolute atomic E-state index is 12.3. The maximum atomic E-state index is 12.3. The molecule has 7 nitrogen and oxygen atoms in total. The predicted molar refractivity (Wildman–Crippen MR) is 143 cm³/mol. The molecule has 0 radical (unpaired) electrons. The van der Waals surface area contributed by atoms with Gasteiger partial charge in [-0.25, -0.2) is 4.79 Å². The molecule has 3 aromatic carbocycles. The van der Waals surface area contributed by atoms with Crippen LogP contribution in [0, 0.1) is 6.92 Å². The van der Waals surface area contributed by atoms with Gasteiger partial charge in [0.1, 0.15) is 10.8 Å². The van der Waals surface area contributed by atoms with Crippen molar-refractivity contribution < 1.29 is 9.53 Å². The second-order valence-electron chi connectivity index (χ2n) is 8.47. The first kappa shape index (κ1) is 23.6. The first-order valence-corrected chi connectivity index (χ1v) is 12.6. The number of nitrogens with zero attached hydrogens (tertiary/aromatic N) is 5. The van der Waals surface area contributed by atoms with Crippen LogP contribution in [0.2, 0.25) is 0 Å². The Hall–Kier alpha value is -4.17. The summed E-state index contributed by atoms with van der Waals surface area (Å²) in [5.41, 5.74) is 3.71. The van der Waals surface area contributed by atoms with Crippen molar-refractivity contribution in [3.63, 3.8) is 0 Å². The lowest BCUT2D eigenvalue weighted by atomic mass is 10.1. The average Bonchev–Trinajstić information content (AvgIpc) is 3.60. The van der Waals surface area contributed by atoms with E-state index in [2.05, 4.69) is 31.4 Å². The molecule has 1 aliphatic heterocycles. The molecular formula is C28H25N5O2S. The molecule has 8 heteroatoms. The molecule has 4 aromatic rings. The first-order chi connectivity index (χ1) is 17.6. The van der Waals surface area contributed by atoms with Gasteiger partial charge in [-0.05, 0) is 92.6 Å². The Balaban J connectivity index is 1.15. The molecule has 36 heavy (non-hydrogen) atoms. The molecule has 1 aliphatic rings. The van der Waals surface area contributed by atoms with Crippen LogP contribution < -0.4 is 9.64 Å². The molecule has 0 saturated carbocycles. The highest BCUT2D eigenvalue weighted by Gasteiger charge is 2.14. The van der Waals surface area contributed by atoms with Gasteiger partial charge in [0.25, 0.3) is 0 Å². The normalized spacial score (nSPS) is 13.6. The number of carbonyl (C=O) groups is 1. The number of hydrogen-bond donors (Lipinski definition) is 0. The summed E-state index contributed by atoms with van der Waals surface area (Å²) >= 11 is 1.67. The zero-order valence-corrected chi connectivity index (χ0v) is 20.7. The Morgan fingerprint density at radius 2 is 1.28 bits per heavy atom. The number of ether oxygens (including phenoxy) is 1. The summed E-state index contributed by atoms with van der Waals surface area (Å²) in [5.74, 6) is 0.0558. The zero-order valence-electron chi connectivity index (χ0n) is 19.9. The quantitative estimate of drug-likeness (QED) is 0.146. The number of aryl methyl sites for hydroxylation is 1. The highest BCUT2D eigenvalue weighted by molar-refractivity contribution is 7.19. The molecule has 0 spiro atoms. The van der Waals surface area contributed by atoms with E-state index in [9.17, 15) is 4.79 Å². The van der Waals surface area contributed by atoms with Gasteiger partial charge < -0.3 is 9.64 Å². The van der Waals surface area contributed by atoms with Gasteiger partial charge in [0, 0.05) is 13.1 Å². The fraction of sp³-hybridized carbons (Fsp3) is 0.179. The van der Waals surface area contributed by atoms with Crippen molar-refractivity contribution in [2.45, 2.75) is 19.8 Å². The van der Waals surface area contributed by atoms with Crippen LogP contribution in [0.25, 0.3) is 0 Å². The van der Waals surface area contributed by atoms with Crippen LogP contribution >= 0.6 is 11.3 Å². The van der Waals surface area contributed by atoms with Crippen LogP contribution in [0.3, 0.4) is 0 Å². The molecule has 0 atom stereocenters. The highest BCUT2D eigenvalue weighted by Crippen LogP contribution is 2.35. The molecule has 0 N–H and O–H groups in total. The molecule has 1 saturated heterocycles. The lowest BCUT2D eigenvalue weighted by molar-refractivity contribution is 0.0735. The largest absolute Gasteiger partial charge is 0.423 e. The van der Waals surface area contributed by atoms with Gasteiger partial charge in [0.05, 0.1) is 27.6 Å². The molecular weight excluding hydrogens is 470 g/mol. The predicted octanol–water partition coefficient (Wildman–Crippen LogP) is 8.71. The summed E-state index contributed by atoms with van der Waals surface area (Å²) in [6, 6.07) is 25.7. The van der Waals surface area contributed by atoms with Crippen molar-refractivity contribution in [1.82, 2.24) is 0 Å². The Morgan fingerprint density at radius 3 is 1.89 bits per heavy atom. The van der Waals surface area contributed by atoms with Crippen LogP contribution in [-0.2, 0) is 0 Å². The summed E-state index contributed by atoms with van der Waals surface area (Å²) in [7, 11) is 0. The van der Waals surface area contributed by atoms with E-state index < -0.39 is 5.97 Å². The van der Waals surface area contributed by atoms with Crippen molar-refractivity contribution in [1.29, 1.82) is 0 Å². The molecule has 1 aromatic heterocycles. The summed E-state index contributed by atoms with van der Waals surface area (Å²) in [5, 5.41) is 19.4. The van der Waals surface area contributed by atoms with Gasteiger partial charge in [0.15, 0.2) is 0 Å². The van der Waals surface area contributed by atoms with E-state index in [4.69, 9.17) is 4.74 Å². The third-order valence-electron chi connectivity index (χ3n) is 5.72. The van der Waals surface area contributed by atoms with Crippen molar-refractivity contribution >= 4 is 44.4 Å². The zero-order chi connectivity index (χ0) is 24.7. The van der Waals surface area contributed by atoms with E-state index in [1.54, 1.807) is 47.7 Å². The highest BCUT2D eigenvalue weighted by atomic mass is 32.1. The fourth-order valence-electron chi connectivity index (χ4n) is 3.72. The molecule has 0 amide bonds. The van der Waals surface area contributed by atoms with Crippen molar-refractivity contribution in [3.05, 3.63) is 96.1 Å². The SMILES string of the molecule is Cc1ccc(C(=O)Oc2ccc(N=Nc3ccc(N=Nc4ccc(N5CCCC5)s4)cc3)cc2)cc1. The average molecular weight is 496 g/mol. The summed E-state index contributed by atoms with van der Waals surface area (Å²) in [6.07, 6.45) is 2.52. The van der Waals surface area contributed by atoms with Crippen LogP contribution in [0.1, 0.15) is 28.8 Å². The molecule has 1 fully saturated rings. The van der Waals surface area contributed by atoms with Gasteiger partial charge in [-0.3, -0.25) is 0 Å². The van der Waals surface area contributed by atoms with E-state index in [1.807, 2.05) is 49.4 Å². The van der Waals surface area contributed by atoms with Crippen LogP contribution in [0.15, 0.2) is 105 Å². The summed E-state index contributed by atoms with van der Waals surface area (Å²) in [6.45, 7) is 4.22. The Morgan fingerprint density at radius 1 is 0.722 bits per heavy atom. The smallest absolute Gasteiger partial charge is 0.343 e. The molecule has 2 heterocycles. The Labute approximate surface area is 213 Å². The van der Waals surface area contributed by atoms with Crippen LogP contribution in [0.5, 0.6) is 5.75 Å². The molecule has 0 bridgehead atoms. The van der Waals surface area contributed by atoms with E-state index in [0.29, 0.717) is 22.7 Å². The topological polar surface area (TPSA) is 79.0 Å². The van der Waals surface area contributed by atoms with Crippen molar-refractivity contribution in [3.8, 4) is 5.75 Å². The number of benzene rings is 3. The van der Waals surface area contributed by atoms with Gasteiger partial charge in [-0.1, -0.05) is 29.0 Å². The minimum Gasteiger partial charge on any atom is -0.423 e. The second kappa shape index (κ2) is 11.0. The molecule has 5 rings (SSSR count). The molecule has 0 aliphatic carbocycles. The number of anilines is 1. The minimum absolute atomic E-state index is 0.396. The molecule has 180 valence electrons. The third kappa shape index (κ3) is 6.09. The van der Waals surface area contributed by atoms with Gasteiger partial charge in [0.2, 0.25) is 0 Å². The lowest BCUT2D eigenvalue weighted by Gasteiger charge is -2.13. The summed E-state index contributed by atoms with van der Waals surface area (Å²) in [4.78, 5) is 14.6. The van der Waals surface area contributed by atoms with Crippen LogP contribution in [-0.4, -0.2) is 19.1 Å². The number of hydrogen-bond acceptors (Lipinski definition) is 8. The van der Waals surface area contributed by atoms with Gasteiger partial charge in [-0.15, -0.1) is 10.2 Å². The van der Waals surface area contributed by atoms with Gasteiger partial charge >= 0.3 is 5.97 Å².